The van der Waals surface area contributed by atoms with Gasteiger partial charge < -0.3 is 5.32 Å². The molecule has 6 heteroatoms. The van der Waals surface area contributed by atoms with Crippen molar-refractivity contribution in [1.29, 1.82) is 0 Å². The standard InChI is InChI=1S/C17H21ClN4O/c1-11(13-8-9-21(4)20-13)19-16(23)22-10-17(2,3)15-12(18)6-5-7-14(15)22/h5-9,11H,10H2,1-4H3,(H,19,23). The summed E-state index contributed by atoms with van der Waals surface area (Å²) in [5.41, 5.74) is 2.58. The predicted molar refractivity (Wildman–Crippen MR) is 92.0 cm³/mol. The van der Waals surface area contributed by atoms with Crippen LogP contribution in [0.15, 0.2) is 30.5 Å². The second kappa shape index (κ2) is 5.57. The van der Waals surface area contributed by atoms with E-state index in [1.807, 2.05) is 44.4 Å². The Morgan fingerprint density at radius 3 is 2.78 bits per heavy atom. The van der Waals surface area contributed by atoms with E-state index in [1.54, 1.807) is 9.58 Å². The summed E-state index contributed by atoms with van der Waals surface area (Å²) in [4.78, 5) is 14.5. The molecule has 0 aliphatic carbocycles. The summed E-state index contributed by atoms with van der Waals surface area (Å²) in [5, 5.41) is 8.07. The second-order valence-electron chi connectivity index (χ2n) is 6.69. The molecule has 0 spiro atoms. The van der Waals surface area contributed by atoms with Crippen molar-refractivity contribution in [3.05, 3.63) is 46.7 Å². The molecule has 122 valence electrons. The fourth-order valence-corrected chi connectivity index (χ4v) is 3.57. The number of aryl methyl sites for hydroxylation is 1. The topological polar surface area (TPSA) is 50.2 Å². The molecule has 2 heterocycles. The van der Waals surface area contributed by atoms with Crippen LogP contribution in [-0.2, 0) is 12.5 Å². The SMILES string of the molecule is CC(NC(=O)N1CC(C)(C)c2c(Cl)cccc21)c1ccn(C)n1. The van der Waals surface area contributed by atoms with Crippen molar-refractivity contribution in [2.75, 3.05) is 11.4 Å². The number of amides is 2. The molecule has 2 aromatic rings. The fraction of sp³-hybridized carbons (Fsp3) is 0.412. The van der Waals surface area contributed by atoms with E-state index in [2.05, 4.69) is 24.3 Å². The van der Waals surface area contributed by atoms with Crippen LogP contribution >= 0.6 is 11.6 Å². The smallest absolute Gasteiger partial charge is 0.322 e. The number of hydrogen-bond donors (Lipinski definition) is 1. The van der Waals surface area contributed by atoms with E-state index in [1.165, 1.54) is 0 Å². The van der Waals surface area contributed by atoms with Gasteiger partial charge in [-0.3, -0.25) is 9.58 Å². The maximum Gasteiger partial charge on any atom is 0.322 e. The number of carbonyl (C=O) groups excluding carboxylic acids is 1. The third kappa shape index (κ3) is 2.81. The zero-order valence-corrected chi connectivity index (χ0v) is 14.6. The number of urea groups is 1. The Morgan fingerprint density at radius 1 is 1.39 bits per heavy atom. The Bertz CT molecular complexity index is 753. The van der Waals surface area contributed by atoms with Crippen molar-refractivity contribution in [1.82, 2.24) is 15.1 Å². The van der Waals surface area contributed by atoms with Crippen molar-refractivity contribution in [2.24, 2.45) is 7.05 Å². The van der Waals surface area contributed by atoms with Gasteiger partial charge in [-0.2, -0.15) is 5.10 Å². The molecule has 1 N–H and O–H groups in total. The number of fused-ring (bicyclic) bond motifs is 1. The lowest BCUT2D eigenvalue weighted by Gasteiger charge is -2.23. The summed E-state index contributed by atoms with van der Waals surface area (Å²) in [6.07, 6.45) is 1.87. The average Bonchev–Trinajstić information content (AvgIpc) is 3.01. The van der Waals surface area contributed by atoms with E-state index in [0.717, 1.165) is 16.9 Å². The molecule has 0 saturated carbocycles. The summed E-state index contributed by atoms with van der Waals surface area (Å²) < 4.78 is 1.73. The molecule has 1 aromatic carbocycles. The highest BCUT2D eigenvalue weighted by molar-refractivity contribution is 6.32. The minimum absolute atomic E-state index is 0.128. The van der Waals surface area contributed by atoms with Gasteiger partial charge in [0.05, 0.1) is 17.4 Å². The van der Waals surface area contributed by atoms with Gasteiger partial charge in [0, 0.05) is 35.8 Å². The molecule has 2 amide bonds. The molecule has 1 aromatic heterocycles. The van der Waals surface area contributed by atoms with E-state index in [9.17, 15) is 4.79 Å². The van der Waals surface area contributed by atoms with Gasteiger partial charge in [0.25, 0.3) is 0 Å². The maximum atomic E-state index is 12.7. The third-order valence-corrected chi connectivity index (χ3v) is 4.59. The number of benzene rings is 1. The summed E-state index contributed by atoms with van der Waals surface area (Å²) in [6.45, 7) is 6.74. The van der Waals surface area contributed by atoms with E-state index in [0.29, 0.717) is 11.6 Å². The van der Waals surface area contributed by atoms with Crippen molar-refractivity contribution in [2.45, 2.75) is 32.2 Å². The number of carbonyl (C=O) groups is 1. The molecule has 1 aliphatic rings. The fourth-order valence-electron chi connectivity index (χ4n) is 3.15. The van der Waals surface area contributed by atoms with Gasteiger partial charge in [-0.05, 0) is 25.1 Å². The van der Waals surface area contributed by atoms with Crippen molar-refractivity contribution in [3.8, 4) is 0 Å². The number of anilines is 1. The number of halogens is 1. The number of nitrogens with one attached hydrogen (secondary N) is 1. The minimum Gasteiger partial charge on any atom is -0.330 e. The van der Waals surface area contributed by atoms with Gasteiger partial charge in [0.15, 0.2) is 0 Å². The summed E-state index contributed by atoms with van der Waals surface area (Å²) in [5.74, 6) is 0. The quantitative estimate of drug-likeness (QED) is 0.912. The van der Waals surface area contributed by atoms with Crippen LogP contribution < -0.4 is 10.2 Å². The van der Waals surface area contributed by atoms with Crippen LogP contribution in [0, 0.1) is 0 Å². The predicted octanol–water partition coefficient (Wildman–Crippen LogP) is 3.64. The number of aromatic nitrogens is 2. The monoisotopic (exact) mass is 332 g/mol. The second-order valence-corrected chi connectivity index (χ2v) is 7.10. The number of rotatable bonds is 2. The normalized spacial score (nSPS) is 17.0. The molecule has 0 bridgehead atoms. The van der Waals surface area contributed by atoms with E-state index in [-0.39, 0.29) is 17.5 Å². The lowest BCUT2D eigenvalue weighted by Crippen LogP contribution is -2.42. The molecule has 23 heavy (non-hydrogen) atoms. The Balaban J connectivity index is 1.83. The highest BCUT2D eigenvalue weighted by Crippen LogP contribution is 2.44. The minimum atomic E-state index is -0.167. The van der Waals surface area contributed by atoms with Crippen LogP contribution in [0.5, 0.6) is 0 Å². The Hall–Kier alpha value is -2.01. The first kappa shape index (κ1) is 15.9. The Labute approximate surface area is 141 Å². The highest BCUT2D eigenvalue weighted by Gasteiger charge is 2.39. The zero-order chi connectivity index (χ0) is 16.8. The van der Waals surface area contributed by atoms with Crippen LogP contribution in [0.3, 0.4) is 0 Å². The molecule has 0 saturated heterocycles. The van der Waals surface area contributed by atoms with Crippen LogP contribution in [0.2, 0.25) is 5.02 Å². The van der Waals surface area contributed by atoms with Crippen LogP contribution in [0.4, 0.5) is 10.5 Å². The highest BCUT2D eigenvalue weighted by atomic mass is 35.5. The lowest BCUT2D eigenvalue weighted by atomic mass is 9.87. The molecular formula is C17H21ClN4O. The lowest BCUT2D eigenvalue weighted by molar-refractivity contribution is 0.242. The molecule has 1 aliphatic heterocycles. The number of hydrogen-bond acceptors (Lipinski definition) is 2. The number of nitrogens with zero attached hydrogens (tertiary/aromatic N) is 3. The first-order valence-electron chi connectivity index (χ1n) is 7.66. The van der Waals surface area contributed by atoms with Crippen LogP contribution in [-0.4, -0.2) is 22.4 Å². The van der Waals surface area contributed by atoms with Crippen LogP contribution in [0.1, 0.15) is 38.1 Å². The molecule has 5 nitrogen and oxygen atoms in total. The summed E-state index contributed by atoms with van der Waals surface area (Å²) in [7, 11) is 1.86. The molecule has 0 fully saturated rings. The van der Waals surface area contributed by atoms with Crippen LogP contribution in [0.25, 0.3) is 0 Å². The molecule has 3 rings (SSSR count). The maximum absolute atomic E-state index is 12.7. The van der Waals surface area contributed by atoms with Gasteiger partial charge in [0.2, 0.25) is 0 Å². The molecule has 1 atom stereocenters. The third-order valence-electron chi connectivity index (χ3n) is 4.28. The van der Waals surface area contributed by atoms with Crippen molar-refractivity contribution >= 4 is 23.3 Å². The first-order chi connectivity index (χ1) is 10.8. The van der Waals surface area contributed by atoms with E-state index < -0.39 is 0 Å². The summed E-state index contributed by atoms with van der Waals surface area (Å²) >= 11 is 6.36. The average molecular weight is 333 g/mol. The first-order valence-corrected chi connectivity index (χ1v) is 8.04. The zero-order valence-electron chi connectivity index (χ0n) is 13.8. The Kier molecular flexibility index (Phi) is 3.84. The van der Waals surface area contributed by atoms with E-state index in [4.69, 9.17) is 11.6 Å². The summed E-state index contributed by atoms with van der Waals surface area (Å²) in [6, 6.07) is 7.32. The molecule has 1 unspecified atom stereocenters. The Morgan fingerprint density at radius 2 is 2.13 bits per heavy atom. The van der Waals surface area contributed by atoms with Gasteiger partial charge in [-0.1, -0.05) is 31.5 Å². The van der Waals surface area contributed by atoms with E-state index >= 15 is 0 Å². The van der Waals surface area contributed by atoms with Gasteiger partial charge >= 0.3 is 6.03 Å². The van der Waals surface area contributed by atoms with Crippen molar-refractivity contribution in [3.63, 3.8) is 0 Å². The molecule has 0 radical (unpaired) electrons. The largest absolute Gasteiger partial charge is 0.330 e. The molecular weight excluding hydrogens is 312 g/mol. The van der Waals surface area contributed by atoms with Gasteiger partial charge in [-0.15, -0.1) is 0 Å². The van der Waals surface area contributed by atoms with Gasteiger partial charge in [-0.25, -0.2) is 4.79 Å². The van der Waals surface area contributed by atoms with Crippen molar-refractivity contribution < 1.29 is 4.79 Å². The van der Waals surface area contributed by atoms with Gasteiger partial charge in [0.1, 0.15) is 0 Å².